The maximum absolute atomic E-state index is 10.3. The number of hydrogen-bond donors (Lipinski definition) is 2. The Balaban J connectivity index is 2.45. The molecule has 0 radical (unpaired) electrons. The fourth-order valence-electron chi connectivity index (χ4n) is 1.24. The Morgan fingerprint density at radius 1 is 1.56 bits per heavy atom. The number of carboxylic acids is 1. The van der Waals surface area contributed by atoms with Crippen molar-refractivity contribution in [2.75, 3.05) is 19.0 Å². The number of methoxy groups -OCH3 is 1. The first kappa shape index (κ1) is 12.6. The largest absolute Gasteiger partial charge is 0.495 e. The van der Waals surface area contributed by atoms with E-state index in [1.807, 2.05) is 6.07 Å². The Labute approximate surface area is 99.2 Å². The molecular formula is C11H14ClNO3. The molecule has 0 atom stereocenters. The second-order valence-corrected chi connectivity index (χ2v) is 3.68. The summed E-state index contributed by atoms with van der Waals surface area (Å²) in [5.74, 6) is -0.180. The van der Waals surface area contributed by atoms with E-state index in [2.05, 4.69) is 5.32 Å². The van der Waals surface area contributed by atoms with Crippen LogP contribution in [0.25, 0.3) is 0 Å². The zero-order valence-electron chi connectivity index (χ0n) is 9.00. The summed E-state index contributed by atoms with van der Waals surface area (Å²) >= 11 is 5.87. The molecule has 4 nitrogen and oxygen atoms in total. The van der Waals surface area contributed by atoms with Crippen LogP contribution in [0.3, 0.4) is 0 Å². The highest BCUT2D eigenvalue weighted by Gasteiger charge is 2.01. The number of aliphatic carboxylic acids is 1. The molecule has 2 N–H and O–H groups in total. The van der Waals surface area contributed by atoms with Crippen molar-refractivity contribution in [1.82, 2.24) is 0 Å². The first-order valence-corrected chi connectivity index (χ1v) is 5.30. The molecule has 5 heteroatoms. The van der Waals surface area contributed by atoms with Crippen LogP contribution in [0.15, 0.2) is 18.2 Å². The molecule has 0 amide bonds. The summed E-state index contributed by atoms with van der Waals surface area (Å²) in [7, 11) is 1.55. The van der Waals surface area contributed by atoms with Gasteiger partial charge in [-0.25, -0.2) is 0 Å². The summed E-state index contributed by atoms with van der Waals surface area (Å²) < 4.78 is 5.06. The Bertz CT molecular complexity index is 368. The predicted octanol–water partition coefficient (Wildman–Crippen LogP) is 2.63. The standard InChI is InChI=1S/C11H14ClNO3/c1-16-10-7-8(4-5-9(10)12)13-6-2-3-11(14)15/h4-5,7,13H,2-3,6H2,1H3,(H,14,15). The van der Waals surface area contributed by atoms with Crippen LogP contribution in [0.1, 0.15) is 12.8 Å². The van der Waals surface area contributed by atoms with E-state index in [1.165, 1.54) is 0 Å². The van der Waals surface area contributed by atoms with Crippen molar-refractivity contribution in [2.24, 2.45) is 0 Å². The van der Waals surface area contributed by atoms with Gasteiger partial charge in [0.15, 0.2) is 0 Å². The Kier molecular flexibility index (Phi) is 4.92. The average Bonchev–Trinajstić information content (AvgIpc) is 2.26. The minimum atomic E-state index is -0.782. The van der Waals surface area contributed by atoms with Crippen LogP contribution in [0, 0.1) is 0 Å². The van der Waals surface area contributed by atoms with E-state index in [4.69, 9.17) is 21.4 Å². The van der Waals surface area contributed by atoms with Crippen molar-refractivity contribution in [3.05, 3.63) is 23.2 Å². The SMILES string of the molecule is COc1cc(NCCCC(=O)O)ccc1Cl. The van der Waals surface area contributed by atoms with Gasteiger partial charge in [-0.3, -0.25) is 4.79 Å². The smallest absolute Gasteiger partial charge is 0.303 e. The average molecular weight is 244 g/mol. The van der Waals surface area contributed by atoms with Gasteiger partial charge in [0.1, 0.15) is 5.75 Å². The molecule has 1 rings (SSSR count). The third-order valence-electron chi connectivity index (χ3n) is 2.05. The first-order valence-electron chi connectivity index (χ1n) is 4.92. The lowest BCUT2D eigenvalue weighted by atomic mass is 10.2. The number of halogens is 1. The lowest BCUT2D eigenvalue weighted by molar-refractivity contribution is -0.137. The van der Waals surface area contributed by atoms with Gasteiger partial charge in [-0.2, -0.15) is 0 Å². The number of ether oxygens (including phenoxy) is 1. The topological polar surface area (TPSA) is 58.6 Å². The molecule has 0 bridgehead atoms. The van der Waals surface area contributed by atoms with Gasteiger partial charge < -0.3 is 15.2 Å². The second kappa shape index (κ2) is 6.23. The molecule has 0 spiro atoms. The zero-order valence-corrected chi connectivity index (χ0v) is 9.75. The van der Waals surface area contributed by atoms with Crippen molar-refractivity contribution in [1.29, 1.82) is 0 Å². The van der Waals surface area contributed by atoms with Crippen LogP contribution >= 0.6 is 11.6 Å². The van der Waals surface area contributed by atoms with Crippen LogP contribution in [-0.2, 0) is 4.79 Å². The molecule has 0 aliphatic heterocycles. The van der Waals surface area contributed by atoms with Gasteiger partial charge in [0.05, 0.1) is 12.1 Å². The van der Waals surface area contributed by atoms with Gasteiger partial charge in [0.2, 0.25) is 0 Å². The fraction of sp³-hybridized carbons (Fsp3) is 0.364. The summed E-state index contributed by atoms with van der Waals surface area (Å²) in [6.07, 6.45) is 0.748. The van der Waals surface area contributed by atoms with Crippen molar-refractivity contribution in [3.63, 3.8) is 0 Å². The van der Waals surface area contributed by atoms with Gasteiger partial charge in [-0.15, -0.1) is 0 Å². The van der Waals surface area contributed by atoms with E-state index >= 15 is 0 Å². The number of benzene rings is 1. The number of rotatable bonds is 6. The summed E-state index contributed by atoms with van der Waals surface area (Å²) in [6, 6.07) is 5.34. The van der Waals surface area contributed by atoms with E-state index in [9.17, 15) is 4.79 Å². The molecule has 0 aromatic heterocycles. The molecule has 0 heterocycles. The normalized spacial score (nSPS) is 9.88. The zero-order chi connectivity index (χ0) is 12.0. The molecule has 1 aromatic rings. The van der Waals surface area contributed by atoms with Crippen LogP contribution in [0.4, 0.5) is 5.69 Å². The Morgan fingerprint density at radius 2 is 2.31 bits per heavy atom. The quantitative estimate of drug-likeness (QED) is 0.754. The van der Waals surface area contributed by atoms with E-state index in [-0.39, 0.29) is 6.42 Å². The van der Waals surface area contributed by atoms with Gasteiger partial charge in [0.25, 0.3) is 0 Å². The van der Waals surface area contributed by atoms with Crippen LogP contribution in [-0.4, -0.2) is 24.7 Å². The van der Waals surface area contributed by atoms with Crippen molar-refractivity contribution >= 4 is 23.3 Å². The van der Waals surface area contributed by atoms with Crippen LogP contribution in [0.5, 0.6) is 5.75 Å². The van der Waals surface area contributed by atoms with Crippen LogP contribution < -0.4 is 10.1 Å². The molecule has 16 heavy (non-hydrogen) atoms. The molecule has 0 aliphatic rings. The number of anilines is 1. The lowest BCUT2D eigenvalue weighted by Crippen LogP contribution is -2.04. The molecule has 0 saturated heterocycles. The summed E-state index contributed by atoms with van der Waals surface area (Å²) in [5.41, 5.74) is 0.867. The second-order valence-electron chi connectivity index (χ2n) is 3.27. The Morgan fingerprint density at radius 3 is 2.94 bits per heavy atom. The molecule has 88 valence electrons. The maximum Gasteiger partial charge on any atom is 0.303 e. The minimum absolute atomic E-state index is 0.164. The molecule has 0 unspecified atom stereocenters. The van der Waals surface area contributed by atoms with Crippen molar-refractivity contribution in [2.45, 2.75) is 12.8 Å². The fourth-order valence-corrected chi connectivity index (χ4v) is 1.44. The minimum Gasteiger partial charge on any atom is -0.495 e. The number of nitrogens with one attached hydrogen (secondary N) is 1. The summed E-state index contributed by atoms with van der Waals surface area (Å²) in [4.78, 5) is 10.3. The van der Waals surface area contributed by atoms with Crippen molar-refractivity contribution < 1.29 is 14.6 Å². The van der Waals surface area contributed by atoms with Gasteiger partial charge in [-0.1, -0.05) is 11.6 Å². The van der Waals surface area contributed by atoms with E-state index in [1.54, 1.807) is 19.2 Å². The molecule has 0 aliphatic carbocycles. The van der Waals surface area contributed by atoms with E-state index in [0.29, 0.717) is 23.7 Å². The monoisotopic (exact) mass is 243 g/mol. The highest BCUT2D eigenvalue weighted by molar-refractivity contribution is 6.32. The predicted molar refractivity (Wildman–Crippen MR) is 63.4 cm³/mol. The highest BCUT2D eigenvalue weighted by atomic mass is 35.5. The Hall–Kier alpha value is -1.42. The van der Waals surface area contributed by atoms with Crippen LogP contribution in [0.2, 0.25) is 5.02 Å². The lowest BCUT2D eigenvalue weighted by Gasteiger charge is -2.08. The van der Waals surface area contributed by atoms with Gasteiger partial charge in [0, 0.05) is 24.7 Å². The number of carbonyl (C=O) groups is 1. The summed E-state index contributed by atoms with van der Waals surface area (Å²) in [6.45, 7) is 0.608. The molecular weight excluding hydrogens is 230 g/mol. The van der Waals surface area contributed by atoms with Crippen molar-refractivity contribution in [3.8, 4) is 5.75 Å². The van der Waals surface area contributed by atoms with Gasteiger partial charge >= 0.3 is 5.97 Å². The third kappa shape index (κ3) is 3.98. The third-order valence-corrected chi connectivity index (χ3v) is 2.36. The number of hydrogen-bond acceptors (Lipinski definition) is 3. The first-order chi connectivity index (χ1) is 7.63. The molecule has 0 saturated carbocycles. The maximum atomic E-state index is 10.3. The van der Waals surface area contributed by atoms with Gasteiger partial charge in [-0.05, 0) is 18.6 Å². The number of carboxylic acid groups (broad SMARTS) is 1. The molecule has 0 fully saturated rings. The highest BCUT2D eigenvalue weighted by Crippen LogP contribution is 2.27. The van der Waals surface area contributed by atoms with E-state index < -0.39 is 5.97 Å². The summed E-state index contributed by atoms with van der Waals surface area (Å²) in [5, 5.41) is 12.1. The van der Waals surface area contributed by atoms with E-state index in [0.717, 1.165) is 5.69 Å². The molecule has 1 aromatic carbocycles.